The Hall–Kier alpha value is -2.34. The van der Waals surface area contributed by atoms with E-state index < -0.39 is 0 Å². The second-order valence-corrected chi connectivity index (χ2v) is 5.92. The van der Waals surface area contributed by atoms with E-state index in [1.807, 2.05) is 30.3 Å². The van der Waals surface area contributed by atoms with E-state index in [1.165, 1.54) is 0 Å². The maximum Gasteiger partial charge on any atom is 0.270 e. The highest BCUT2D eigenvalue weighted by Crippen LogP contribution is 2.19. The fraction of sp³-hybridized carbons (Fsp3) is 0.375. The van der Waals surface area contributed by atoms with Crippen LogP contribution in [-0.4, -0.2) is 54.0 Å². The minimum absolute atomic E-state index is 0.0190. The average Bonchev–Trinajstić information content (AvgIpc) is 2.77. The number of aromatic nitrogens is 1. The van der Waals surface area contributed by atoms with E-state index in [-0.39, 0.29) is 23.8 Å². The Morgan fingerprint density at radius 3 is 2.95 bits per heavy atom. The van der Waals surface area contributed by atoms with Gasteiger partial charge in [-0.05, 0) is 12.1 Å². The van der Waals surface area contributed by atoms with E-state index in [0.717, 1.165) is 10.9 Å². The van der Waals surface area contributed by atoms with E-state index in [4.69, 9.17) is 4.74 Å². The summed E-state index contributed by atoms with van der Waals surface area (Å²) in [5.41, 5.74) is 1.51. The van der Waals surface area contributed by atoms with Crippen LogP contribution in [0.4, 0.5) is 0 Å². The Morgan fingerprint density at radius 2 is 2.09 bits per heavy atom. The number of hydrogen-bond donors (Lipinski definition) is 2. The first-order chi connectivity index (χ1) is 10.7. The van der Waals surface area contributed by atoms with Gasteiger partial charge in [-0.25, -0.2) is 0 Å². The molecule has 2 N–H and O–H groups in total. The molecule has 2 fully saturated rings. The quantitative estimate of drug-likeness (QED) is 0.816. The van der Waals surface area contributed by atoms with Crippen molar-refractivity contribution < 1.29 is 14.3 Å². The van der Waals surface area contributed by atoms with Gasteiger partial charge in [0.05, 0.1) is 25.2 Å². The lowest BCUT2D eigenvalue weighted by atomic mass is 10.1. The predicted molar refractivity (Wildman–Crippen MR) is 80.4 cm³/mol. The third-order valence-corrected chi connectivity index (χ3v) is 4.28. The van der Waals surface area contributed by atoms with Crippen LogP contribution in [0.2, 0.25) is 0 Å². The van der Waals surface area contributed by atoms with Crippen molar-refractivity contribution in [1.82, 2.24) is 15.2 Å². The van der Waals surface area contributed by atoms with Crippen LogP contribution in [0.15, 0.2) is 30.3 Å². The number of ether oxygens (including phenoxy) is 1. The molecule has 6 heteroatoms. The summed E-state index contributed by atoms with van der Waals surface area (Å²) in [5.74, 6) is -0.375. The van der Waals surface area contributed by atoms with Crippen LogP contribution in [0.3, 0.4) is 0 Å². The number of fused-ring (bicyclic) bond motifs is 4. The molecule has 3 heterocycles. The number of carbonyl (C=O) groups excluding carboxylic acids is 2. The number of para-hydroxylation sites is 1. The number of H-pyrrole nitrogens is 1. The number of benzene rings is 1. The van der Waals surface area contributed by atoms with Crippen molar-refractivity contribution >= 4 is 22.7 Å². The summed E-state index contributed by atoms with van der Waals surface area (Å²) in [5, 5.41) is 3.95. The molecule has 2 aliphatic heterocycles. The van der Waals surface area contributed by atoms with Crippen LogP contribution in [0, 0.1) is 5.92 Å². The second kappa shape index (κ2) is 5.14. The Kier molecular flexibility index (Phi) is 3.11. The van der Waals surface area contributed by atoms with Crippen LogP contribution in [0.1, 0.15) is 10.5 Å². The fourth-order valence-corrected chi connectivity index (χ4v) is 3.15. The molecule has 2 bridgehead atoms. The first kappa shape index (κ1) is 13.3. The van der Waals surface area contributed by atoms with Crippen LogP contribution in [0.25, 0.3) is 10.9 Å². The summed E-state index contributed by atoms with van der Waals surface area (Å²) in [6.07, 6.45) is 0. The van der Waals surface area contributed by atoms with Gasteiger partial charge in [-0.1, -0.05) is 18.2 Å². The van der Waals surface area contributed by atoms with Crippen molar-refractivity contribution in [3.05, 3.63) is 36.0 Å². The van der Waals surface area contributed by atoms with Crippen LogP contribution in [0.5, 0.6) is 0 Å². The molecule has 22 heavy (non-hydrogen) atoms. The van der Waals surface area contributed by atoms with E-state index in [0.29, 0.717) is 32.0 Å². The molecule has 0 unspecified atom stereocenters. The van der Waals surface area contributed by atoms with Gasteiger partial charge in [0.2, 0.25) is 5.91 Å². The number of rotatable bonds is 1. The van der Waals surface area contributed by atoms with Gasteiger partial charge in [0.15, 0.2) is 0 Å². The van der Waals surface area contributed by atoms with Crippen LogP contribution in [-0.2, 0) is 9.53 Å². The van der Waals surface area contributed by atoms with Crippen molar-refractivity contribution in [3.8, 4) is 0 Å². The number of carbonyl (C=O) groups is 2. The molecule has 6 nitrogen and oxygen atoms in total. The van der Waals surface area contributed by atoms with Gasteiger partial charge in [-0.15, -0.1) is 0 Å². The summed E-state index contributed by atoms with van der Waals surface area (Å²) in [6.45, 7) is 1.71. The zero-order chi connectivity index (χ0) is 15.1. The van der Waals surface area contributed by atoms with Gasteiger partial charge in [-0.2, -0.15) is 0 Å². The normalized spacial score (nSPS) is 24.9. The number of aromatic amines is 1. The van der Waals surface area contributed by atoms with Crippen LogP contribution < -0.4 is 5.32 Å². The van der Waals surface area contributed by atoms with Crippen molar-refractivity contribution in [2.75, 3.05) is 26.3 Å². The average molecular weight is 299 g/mol. The third kappa shape index (κ3) is 2.25. The molecule has 2 aromatic rings. The molecule has 2 amide bonds. The standard InChI is InChI=1S/C16H17N3O3/c20-15-11-6-19(7-12(17-15)9-22-8-11)16(21)14-5-10-3-1-2-4-13(10)18-14/h1-5,11-12,18H,6-9H2,(H,17,20)/t11-,12+/m1/s1. The molecule has 2 atom stereocenters. The zero-order valence-electron chi connectivity index (χ0n) is 12.0. The maximum atomic E-state index is 12.8. The monoisotopic (exact) mass is 299 g/mol. The molecular formula is C16H17N3O3. The molecule has 2 saturated heterocycles. The first-order valence-electron chi connectivity index (χ1n) is 7.46. The molecule has 0 aliphatic carbocycles. The summed E-state index contributed by atoms with van der Waals surface area (Å²) >= 11 is 0. The SMILES string of the molecule is O=C1N[C@@H]2COC[C@H]1CN(C(=O)c1cc3ccccc3[nH]1)C2. The highest BCUT2D eigenvalue weighted by atomic mass is 16.5. The Morgan fingerprint density at radius 1 is 1.23 bits per heavy atom. The summed E-state index contributed by atoms with van der Waals surface area (Å²) in [6, 6.07) is 9.53. The van der Waals surface area contributed by atoms with Crippen molar-refractivity contribution in [2.24, 2.45) is 5.92 Å². The smallest absolute Gasteiger partial charge is 0.270 e. The second-order valence-electron chi connectivity index (χ2n) is 5.92. The number of amides is 2. The van der Waals surface area contributed by atoms with Gasteiger partial charge in [0.25, 0.3) is 5.91 Å². The summed E-state index contributed by atoms with van der Waals surface area (Å²) in [4.78, 5) is 29.7. The van der Waals surface area contributed by atoms with E-state index in [9.17, 15) is 9.59 Å². The highest BCUT2D eigenvalue weighted by Gasteiger charge is 2.35. The minimum Gasteiger partial charge on any atom is -0.378 e. The number of nitrogens with one attached hydrogen (secondary N) is 2. The highest BCUT2D eigenvalue weighted by molar-refractivity contribution is 5.98. The summed E-state index contributed by atoms with van der Waals surface area (Å²) < 4.78 is 5.48. The third-order valence-electron chi connectivity index (χ3n) is 4.28. The maximum absolute atomic E-state index is 12.8. The van der Waals surface area contributed by atoms with Gasteiger partial charge in [0, 0.05) is 24.0 Å². The molecule has 1 aromatic carbocycles. The lowest BCUT2D eigenvalue weighted by Gasteiger charge is -2.27. The number of nitrogens with zero attached hydrogens (tertiary/aromatic N) is 1. The molecule has 2 aliphatic rings. The molecule has 0 spiro atoms. The zero-order valence-corrected chi connectivity index (χ0v) is 12.0. The topological polar surface area (TPSA) is 74.4 Å². The van der Waals surface area contributed by atoms with E-state index >= 15 is 0 Å². The number of hydrogen-bond acceptors (Lipinski definition) is 3. The van der Waals surface area contributed by atoms with Gasteiger partial charge < -0.3 is 19.9 Å². The molecule has 0 radical (unpaired) electrons. The predicted octanol–water partition coefficient (Wildman–Crippen LogP) is 0.755. The first-order valence-corrected chi connectivity index (χ1v) is 7.46. The van der Waals surface area contributed by atoms with Crippen molar-refractivity contribution in [1.29, 1.82) is 0 Å². The largest absolute Gasteiger partial charge is 0.378 e. The van der Waals surface area contributed by atoms with E-state index in [2.05, 4.69) is 10.3 Å². The Bertz CT molecular complexity index is 706. The molecular weight excluding hydrogens is 282 g/mol. The lowest BCUT2D eigenvalue weighted by Crippen LogP contribution is -2.44. The lowest BCUT2D eigenvalue weighted by molar-refractivity contribution is -0.125. The van der Waals surface area contributed by atoms with Gasteiger partial charge >= 0.3 is 0 Å². The minimum atomic E-state index is -0.291. The summed E-state index contributed by atoms with van der Waals surface area (Å²) in [7, 11) is 0. The van der Waals surface area contributed by atoms with Crippen LogP contribution >= 0.6 is 0 Å². The van der Waals surface area contributed by atoms with Crippen molar-refractivity contribution in [2.45, 2.75) is 6.04 Å². The Labute approximate surface area is 127 Å². The van der Waals surface area contributed by atoms with Gasteiger partial charge in [-0.3, -0.25) is 9.59 Å². The van der Waals surface area contributed by atoms with E-state index in [1.54, 1.807) is 4.90 Å². The van der Waals surface area contributed by atoms with Crippen molar-refractivity contribution in [3.63, 3.8) is 0 Å². The van der Waals surface area contributed by atoms with Gasteiger partial charge in [0.1, 0.15) is 5.69 Å². The molecule has 114 valence electrons. The molecule has 0 saturated carbocycles. The molecule has 4 rings (SSSR count). The fourth-order valence-electron chi connectivity index (χ4n) is 3.15. The molecule has 1 aromatic heterocycles. The Balaban J connectivity index is 1.63.